The molecule has 0 aliphatic carbocycles. The van der Waals surface area contributed by atoms with Crippen molar-refractivity contribution in [3.63, 3.8) is 0 Å². The first-order chi connectivity index (χ1) is 22.6. The van der Waals surface area contributed by atoms with Crippen LogP contribution in [-0.2, 0) is 26.5 Å². The molecule has 4 aromatic carbocycles. The van der Waals surface area contributed by atoms with E-state index in [2.05, 4.69) is 95.7 Å². The number of para-hydroxylation sites is 1. The standard InChI is InChI=1S/C40H25N5O.Pt/c1-40(2)31-18-16-26(22-35(31)45-37-28(11-6-13-32(37)40)29-12-7-20-42-38(29)45)46-25-15-17-27-30(21-25)39-43-33(24-9-4-3-5-10-24)23-44(39)34-14-8-19-41-36(27)34;/h3-20,23H,1-2H3;/q-2;+2. The fraction of sp³-hybridized carbons (Fsp3) is 0.0750. The summed E-state index contributed by atoms with van der Waals surface area (Å²) in [5.74, 6) is 1.19. The molecule has 6 heterocycles. The van der Waals surface area contributed by atoms with E-state index < -0.39 is 0 Å². The van der Waals surface area contributed by atoms with Gasteiger partial charge in [-0.3, -0.25) is 9.97 Å². The second-order valence-electron chi connectivity index (χ2n) is 12.4. The van der Waals surface area contributed by atoms with Crippen LogP contribution in [0.1, 0.15) is 25.0 Å². The summed E-state index contributed by atoms with van der Waals surface area (Å²) in [6.07, 6.45) is 5.75. The molecule has 7 heteroatoms. The Hall–Kier alpha value is -5.32. The van der Waals surface area contributed by atoms with E-state index in [1.807, 2.05) is 54.9 Å². The van der Waals surface area contributed by atoms with Gasteiger partial charge in [0.1, 0.15) is 5.65 Å². The van der Waals surface area contributed by atoms with Gasteiger partial charge in [0.2, 0.25) is 0 Å². The molecule has 6 nitrogen and oxygen atoms in total. The maximum Gasteiger partial charge on any atom is 2.00 e. The number of pyridine rings is 3. The van der Waals surface area contributed by atoms with Gasteiger partial charge >= 0.3 is 21.1 Å². The van der Waals surface area contributed by atoms with Crippen LogP contribution < -0.4 is 4.74 Å². The Morgan fingerprint density at radius 1 is 0.681 bits per heavy atom. The molecular weight excluding hydrogens is 762 g/mol. The van der Waals surface area contributed by atoms with Gasteiger partial charge in [-0.2, -0.15) is 6.07 Å². The van der Waals surface area contributed by atoms with E-state index in [1.165, 1.54) is 22.0 Å². The summed E-state index contributed by atoms with van der Waals surface area (Å²) >= 11 is 0. The normalized spacial score (nSPS) is 13.3. The molecule has 1 aliphatic rings. The molecule has 0 bridgehead atoms. The fourth-order valence-electron chi connectivity index (χ4n) is 7.28. The molecule has 0 spiro atoms. The minimum Gasteiger partial charge on any atom is -0.503 e. The molecule has 47 heavy (non-hydrogen) atoms. The minimum absolute atomic E-state index is 0. The van der Waals surface area contributed by atoms with Crippen LogP contribution in [0.4, 0.5) is 0 Å². The average molecular weight is 787 g/mol. The largest absolute Gasteiger partial charge is 2.00 e. The Morgan fingerprint density at radius 2 is 1.47 bits per heavy atom. The fourth-order valence-corrected chi connectivity index (χ4v) is 7.28. The maximum atomic E-state index is 6.54. The Bertz CT molecular complexity index is 2710. The molecule has 0 fully saturated rings. The Balaban J connectivity index is 0.00000302. The van der Waals surface area contributed by atoms with E-state index in [0.29, 0.717) is 11.5 Å². The van der Waals surface area contributed by atoms with E-state index in [9.17, 15) is 0 Å². The third-order valence-corrected chi connectivity index (χ3v) is 9.46. The third-order valence-electron chi connectivity index (χ3n) is 9.46. The predicted molar refractivity (Wildman–Crippen MR) is 182 cm³/mol. The topological polar surface area (TPSA) is 57.2 Å². The zero-order chi connectivity index (χ0) is 30.6. The first kappa shape index (κ1) is 27.9. The maximum absolute atomic E-state index is 6.54. The molecule has 0 atom stereocenters. The van der Waals surface area contributed by atoms with Gasteiger partial charge in [0.15, 0.2) is 0 Å². The van der Waals surface area contributed by atoms with Crippen molar-refractivity contribution in [2.45, 2.75) is 19.3 Å². The van der Waals surface area contributed by atoms with E-state index in [1.54, 1.807) is 0 Å². The smallest absolute Gasteiger partial charge is 0.503 e. The SMILES string of the molecule is CC1(C)c2ccc(Oc3[c-]c4c(cc3)c3ncccc3n3cc(-c5ccccc5)nc43)[c-]c2-n2c3ncccc3c3cccc1c32.[Pt+2]. The van der Waals surface area contributed by atoms with Crippen LogP contribution in [0.2, 0.25) is 0 Å². The number of fused-ring (bicyclic) bond motifs is 11. The average Bonchev–Trinajstić information content (AvgIpc) is 3.69. The van der Waals surface area contributed by atoms with Gasteiger partial charge in [0.25, 0.3) is 0 Å². The first-order valence-corrected chi connectivity index (χ1v) is 15.4. The number of benzene rings is 4. The summed E-state index contributed by atoms with van der Waals surface area (Å²) in [7, 11) is 0. The molecule has 0 saturated heterocycles. The van der Waals surface area contributed by atoms with Gasteiger partial charge in [-0.15, -0.1) is 23.8 Å². The van der Waals surface area contributed by atoms with Crippen LogP contribution in [0, 0.1) is 12.1 Å². The molecule has 10 rings (SSSR count). The molecule has 0 N–H and O–H groups in total. The third kappa shape index (κ3) is 3.91. The van der Waals surface area contributed by atoms with Crippen molar-refractivity contribution in [2.24, 2.45) is 0 Å². The minimum atomic E-state index is -0.222. The molecule has 1 aliphatic heterocycles. The Kier molecular flexibility index (Phi) is 6.00. The van der Waals surface area contributed by atoms with Crippen molar-refractivity contribution in [3.8, 4) is 28.4 Å². The van der Waals surface area contributed by atoms with E-state index in [4.69, 9.17) is 19.7 Å². The van der Waals surface area contributed by atoms with Gasteiger partial charge in [-0.05, 0) is 35.2 Å². The van der Waals surface area contributed by atoms with Crippen LogP contribution in [-0.4, -0.2) is 23.9 Å². The van der Waals surface area contributed by atoms with Crippen LogP contribution >= 0.6 is 0 Å². The number of rotatable bonds is 3. The van der Waals surface area contributed by atoms with Crippen molar-refractivity contribution >= 4 is 49.4 Å². The second kappa shape index (κ2) is 10.1. The van der Waals surface area contributed by atoms with Gasteiger partial charge in [-0.25, -0.2) is 4.98 Å². The van der Waals surface area contributed by atoms with Gasteiger partial charge in [0.05, 0.1) is 27.9 Å². The summed E-state index contributed by atoms with van der Waals surface area (Å²) in [6.45, 7) is 4.55. The Morgan fingerprint density at radius 3 is 2.36 bits per heavy atom. The second-order valence-corrected chi connectivity index (χ2v) is 12.4. The number of hydrogen-bond donors (Lipinski definition) is 0. The van der Waals surface area contributed by atoms with Gasteiger partial charge < -0.3 is 13.7 Å². The van der Waals surface area contributed by atoms with Crippen LogP contribution in [0.3, 0.4) is 0 Å². The van der Waals surface area contributed by atoms with Crippen molar-refractivity contribution < 1.29 is 25.8 Å². The van der Waals surface area contributed by atoms with E-state index in [-0.39, 0.29) is 26.5 Å². The summed E-state index contributed by atoms with van der Waals surface area (Å²) in [5.41, 5.74) is 9.92. The molecule has 0 unspecified atom stereocenters. The van der Waals surface area contributed by atoms with Crippen LogP contribution in [0.25, 0.3) is 66.3 Å². The predicted octanol–water partition coefficient (Wildman–Crippen LogP) is 9.22. The number of aromatic nitrogens is 5. The van der Waals surface area contributed by atoms with Gasteiger partial charge in [0, 0.05) is 46.4 Å². The number of ether oxygens (including phenoxy) is 1. The number of hydrogen-bond acceptors (Lipinski definition) is 4. The first-order valence-electron chi connectivity index (χ1n) is 15.4. The van der Waals surface area contributed by atoms with Crippen molar-refractivity contribution in [1.82, 2.24) is 23.9 Å². The van der Waals surface area contributed by atoms with E-state index in [0.717, 1.165) is 55.4 Å². The molecule has 9 aromatic rings. The summed E-state index contributed by atoms with van der Waals surface area (Å²) in [5, 5.41) is 4.15. The van der Waals surface area contributed by atoms with Gasteiger partial charge in [-0.1, -0.05) is 91.0 Å². The number of imidazole rings is 1. The van der Waals surface area contributed by atoms with Crippen LogP contribution in [0.15, 0.2) is 116 Å². The molecule has 226 valence electrons. The zero-order valence-corrected chi connectivity index (χ0v) is 27.7. The molecule has 0 amide bonds. The van der Waals surface area contributed by atoms with E-state index >= 15 is 0 Å². The number of nitrogens with zero attached hydrogens (tertiary/aromatic N) is 5. The molecule has 5 aromatic heterocycles. The van der Waals surface area contributed by atoms with Crippen molar-refractivity contribution in [2.75, 3.05) is 0 Å². The quantitative estimate of drug-likeness (QED) is 0.133. The van der Waals surface area contributed by atoms with Crippen molar-refractivity contribution in [1.29, 1.82) is 0 Å². The zero-order valence-electron chi connectivity index (χ0n) is 25.4. The summed E-state index contributed by atoms with van der Waals surface area (Å²) in [4.78, 5) is 14.6. The van der Waals surface area contributed by atoms with Crippen LogP contribution in [0.5, 0.6) is 11.5 Å². The monoisotopic (exact) mass is 786 g/mol. The molecule has 0 radical (unpaired) electrons. The van der Waals surface area contributed by atoms with Crippen molar-refractivity contribution in [3.05, 3.63) is 139 Å². The summed E-state index contributed by atoms with van der Waals surface area (Å²) in [6, 6.07) is 40.3. The molecular formula is C40H25N5OPt. The molecule has 0 saturated carbocycles. The Labute approximate surface area is 284 Å². The summed E-state index contributed by atoms with van der Waals surface area (Å²) < 4.78 is 10.9.